The summed E-state index contributed by atoms with van der Waals surface area (Å²) < 4.78 is 11.3. The van der Waals surface area contributed by atoms with Gasteiger partial charge >= 0.3 is 0 Å². The number of ether oxygens (including phenoxy) is 2. The number of benzene rings is 1. The van der Waals surface area contributed by atoms with E-state index in [1.807, 2.05) is 31.2 Å². The van der Waals surface area contributed by atoms with Gasteiger partial charge in [-0.2, -0.15) is 0 Å². The highest BCUT2D eigenvalue weighted by Gasteiger charge is 2.32. The first-order valence-corrected chi connectivity index (χ1v) is 7.78. The SMILES string of the molecule is CCOc1cccc2c1OCC(C(=O)N1CCC(C(N)=O)C1)=C2. The lowest BCUT2D eigenvalue weighted by atomic mass is 10.1. The number of hydrogen-bond donors (Lipinski definition) is 1. The fourth-order valence-electron chi connectivity index (χ4n) is 2.95. The lowest BCUT2D eigenvalue weighted by Crippen LogP contribution is -2.34. The van der Waals surface area contributed by atoms with Crippen LogP contribution in [0.15, 0.2) is 23.8 Å². The number of likely N-dealkylation sites (tertiary alicyclic amines) is 1. The van der Waals surface area contributed by atoms with E-state index in [-0.39, 0.29) is 24.3 Å². The second-order valence-electron chi connectivity index (χ2n) is 5.70. The van der Waals surface area contributed by atoms with Crippen molar-refractivity contribution >= 4 is 17.9 Å². The molecule has 2 N–H and O–H groups in total. The van der Waals surface area contributed by atoms with Gasteiger partial charge in [-0.25, -0.2) is 0 Å². The third kappa shape index (κ3) is 3.02. The molecule has 2 aliphatic rings. The Labute approximate surface area is 134 Å². The minimum absolute atomic E-state index is 0.0961. The molecule has 0 bridgehead atoms. The zero-order valence-corrected chi connectivity index (χ0v) is 13.1. The number of carbonyl (C=O) groups excluding carboxylic acids is 2. The molecule has 0 radical (unpaired) electrons. The Balaban J connectivity index is 1.79. The van der Waals surface area contributed by atoms with Crippen LogP contribution in [0, 0.1) is 5.92 Å². The van der Waals surface area contributed by atoms with Crippen molar-refractivity contribution in [3.05, 3.63) is 29.3 Å². The van der Waals surface area contributed by atoms with Gasteiger partial charge in [-0.15, -0.1) is 0 Å². The van der Waals surface area contributed by atoms with Crippen molar-refractivity contribution < 1.29 is 19.1 Å². The van der Waals surface area contributed by atoms with Crippen molar-refractivity contribution in [3.63, 3.8) is 0 Å². The molecule has 3 rings (SSSR count). The average molecular weight is 316 g/mol. The standard InChI is InChI=1S/C17H20N2O4/c1-2-22-14-5-3-4-11-8-13(10-23-15(11)14)17(21)19-7-6-12(9-19)16(18)20/h3-5,8,12H,2,6-7,9-10H2,1H3,(H2,18,20). The van der Waals surface area contributed by atoms with E-state index in [0.29, 0.717) is 43.2 Å². The second kappa shape index (κ2) is 6.32. The first-order chi connectivity index (χ1) is 11.1. The summed E-state index contributed by atoms with van der Waals surface area (Å²) in [4.78, 5) is 25.5. The van der Waals surface area contributed by atoms with Gasteiger partial charge in [0.05, 0.1) is 18.1 Å². The topological polar surface area (TPSA) is 81.9 Å². The van der Waals surface area contributed by atoms with Crippen molar-refractivity contribution in [2.75, 3.05) is 26.3 Å². The summed E-state index contributed by atoms with van der Waals surface area (Å²) in [6, 6.07) is 5.61. The molecule has 1 saturated heterocycles. The molecule has 0 saturated carbocycles. The van der Waals surface area contributed by atoms with Crippen LogP contribution in [-0.4, -0.2) is 43.0 Å². The Kier molecular flexibility index (Phi) is 4.23. The maximum Gasteiger partial charge on any atom is 0.253 e. The summed E-state index contributed by atoms with van der Waals surface area (Å²) in [6.07, 6.45) is 2.46. The molecule has 0 aliphatic carbocycles. The summed E-state index contributed by atoms with van der Waals surface area (Å²) in [5, 5.41) is 0. The number of fused-ring (bicyclic) bond motifs is 1. The van der Waals surface area contributed by atoms with Gasteiger partial charge in [0, 0.05) is 18.7 Å². The normalized spacial score (nSPS) is 19.6. The summed E-state index contributed by atoms with van der Waals surface area (Å²) in [7, 11) is 0. The Morgan fingerprint density at radius 1 is 1.43 bits per heavy atom. The molecular weight excluding hydrogens is 296 g/mol. The number of nitrogens with zero attached hydrogens (tertiary/aromatic N) is 1. The highest BCUT2D eigenvalue weighted by atomic mass is 16.5. The molecule has 2 aliphatic heterocycles. The first-order valence-electron chi connectivity index (χ1n) is 7.78. The van der Waals surface area contributed by atoms with E-state index in [1.165, 1.54) is 0 Å². The monoisotopic (exact) mass is 316 g/mol. The van der Waals surface area contributed by atoms with Crippen LogP contribution in [0.3, 0.4) is 0 Å². The van der Waals surface area contributed by atoms with Crippen molar-refractivity contribution in [3.8, 4) is 11.5 Å². The van der Waals surface area contributed by atoms with Gasteiger partial charge in [-0.05, 0) is 25.5 Å². The Morgan fingerprint density at radius 2 is 2.26 bits per heavy atom. The van der Waals surface area contributed by atoms with Crippen LogP contribution < -0.4 is 15.2 Å². The van der Waals surface area contributed by atoms with E-state index in [2.05, 4.69) is 0 Å². The molecule has 2 amide bonds. The number of amides is 2. The molecule has 1 atom stereocenters. The lowest BCUT2D eigenvalue weighted by molar-refractivity contribution is -0.127. The van der Waals surface area contributed by atoms with Gasteiger partial charge < -0.3 is 20.1 Å². The highest BCUT2D eigenvalue weighted by Crippen LogP contribution is 2.36. The summed E-state index contributed by atoms with van der Waals surface area (Å²) >= 11 is 0. The van der Waals surface area contributed by atoms with Gasteiger partial charge in [0.25, 0.3) is 5.91 Å². The fourth-order valence-corrected chi connectivity index (χ4v) is 2.95. The summed E-state index contributed by atoms with van der Waals surface area (Å²) in [5.74, 6) is 0.660. The van der Waals surface area contributed by atoms with E-state index in [4.69, 9.17) is 15.2 Å². The van der Waals surface area contributed by atoms with Crippen LogP contribution in [0.4, 0.5) is 0 Å². The van der Waals surface area contributed by atoms with E-state index >= 15 is 0 Å². The zero-order valence-electron chi connectivity index (χ0n) is 13.1. The van der Waals surface area contributed by atoms with Crippen LogP contribution in [0.5, 0.6) is 11.5 Å². The first kappa shape index (κ1) is 15.4. The van der Waals surface area contributed by atoms with E-state index in [0.717, 1.165) is 5.56 Å². The molecule has 122 valence electrons. The molecule has 1 aromatic rings. The lowest BCUT2D eigenvalue weighted by Gasteiger charge is -2.23. The highest BCUT2D eigenvalue weighted by molar-refractivity contribution is 5.99. The molecule has 0 spiro atoms. The predicted molar refractivity (Wildman–Crippen MR) is 85.0 cm³/mol. The minimum Gasteiger partial charge on any atom is -0.490 e. The molecule has 23 heavy (non-hydrogen) atoms. The van der Waals surface area contributed by atoms with Gasteiger partial charge in [0.1, 0.15) is 6.61 Å². The van der Waals surface area contributed by atoms with Crippen molar-refractivity contribution in [2.24, 2.45) is 11.7 Å². The number of carbonyl (C=O) groups is 2. The maximum atomic E-state index is 12.6. The fraction of sp³-hybridized carbons (Fsp3) is 0.412. The molecule has 1 unspecified atom stereocenters. The van der Waals surface area contributed by atoms with Crippen LogP contribution in [0.2, 0.25) is 0 Å². The third-order valence-corrected chi connectivity index (χ3v) is 4.16. The van der Waals surface area contributed by atoms with Gasteiger partial charge in [-0.3, -0.25) is 9.59 Å². The molecule has 1 aromatic carbocycles. The number of hydrogen-bond acceptors (Lipinski definition) is 4. The molecule has 6 nitrogen and oxygen atoms in total. The van der Waals surface area contributed by atoms with E-state index < -0.39 is 0 Å². The molecular formula is C17H20N2O4. The van der Waals surface area contributed by atoms with Crippen LogP contribution in [-0.2, 0) is 9.59 Å². The third-order valence-electron chi connectivity index (χ3n) is 4.16. The van der Waals surface area contributed by atoms with Crippen molar-refractivity contribution in [1.29, 1.82) is 0 Å². The quantitative estimate of drug-likeness (QED) is 0.905. The summed E-state index contributed by atoms with van der Waals surface area (Å²) in [6.45, 7) is 3.60. The number of primary amides is 1. The number of para-hydroxylation sites is 1. The van der Waals surface area contributed by atoms with Crippen LogP contribution >= 0.6 is 0 Å². The smallest absolute Gasteiger partial charge is 0.253 e. The minimum atomic E-state index is -0.346. The average Bonchev–Trinajstić information content (AvgIpc) is 3.04. The number of rotatable bonds is 4. The van der Waals surface area contributed by atoms with Crippen LogP contribution in [0.25, 0.3) is 6.08 Å². The largest absolute Gasteiger partial charge is 0.490 e. The number of nitrogens with two attached hydrogens (primary N) is 1. The molecule has 2 heterocycles. The van der Waals surface area contributed by atoms with E-state index in [1.54, 1.807) is 4.90 Å². The van der Waals surface area contributed by atoms with Crippen molar-refractivity contribution in [1.82, 2.24) is 4.90 Å². The zero-order chi connectivity index (χ0) is 16.4. The predicted octanol–water partition coefficient (Wildman–Crippen LogP) is 1.19. The molecule has 1 fully saturated rings. The molecule has 6 heteroatoms. The Bertz CT molecular complexity index is 669. The van der Waals surface area contributed by atoms with Crippen molar-refractivity contribution in [2.45, 2.75) is 13.3 Å². The summed E-state index contributed by atoms with van der Waals surface area (Å²) in [5.41, 5.74) is 6.73. The van der Waals surface area contributed by atoms with E-state index in [9.17, 15) is 9.59 Å². The van der Waals surface area contributed by atoms with Gasteiger partial charge in [0.15, 0.2) is 11.5 Å². The van der Waals surface area contributed by atoms with Gasteiger partial charge in [-0.1, -0.05) is 12.1 Å². The maximum absolute atomic E-state index is 12.6. The van der Waals surface area contributed by atoms with Gasteiger partial charge in [0.2, 0.25) is 5.91 Å². The Hall–Kier alpha value is -2.50. The second-order valence-corrected chi connectivity index (χ2v) is 5.70. The Morgan fingerprint density at radius 3 is 2.96 bits per heavy atom. The molecule has 0 aromatic heterocycles. The van der Waals surface area contributed by atoms with Crippen LogP contribution in [0.1, 0.15) is 18.9 Å².